The standard InChI is InChI=1S/C13H18N4O4S/c14-22(20,21)13-9-11(1-2-12(13)17(18)19)16-8-7-15-5-3-10(16)4-6-15/h1-2,9-10H,3-8H2,(H2,14,20,21). The Balaban J connectivity index is 2.03. The van der Waals surface area contributed by atoms with Crippen molar-refractivity contribution in [2.45, 2.75) is 23.8 Å². The van der Waals surface area contributed by atoms with Gasteiger partial charge in [-0.25, -0.2) is 13.6 Å². The average Bonchev–Trinajstić information content (AvgIpc) is 2.79. The second kappa shape index (κ2) is 5.49. The van der Waals surface area contributed by atoms with E-state index < -0.39 is 25.5 Å². The molecule has 3 fully saturated rings. The number of anilines is 1. The van der Waals surface area contributed by atoms with Gasteiger partial charge >= 0.3 is 0 Å². The van der Waals surface area contributed by atoms with Crippen molar-refractivity contribution in [1.82, 2.24) is 4.90 Å². The van der Waals surface area contributed by atoms with Crippen LogP contribution in [0.4, 0.5) is 11.4 Å². The van der Waals surface area contributed by atoms with Gasteiger partial charge < -0.3 is 9.80 Å². The summed E-state index contributed by atoms with van der Waals surface area (Å²) >= 11 is 0. The van der Waals surface area contributed by atoms with Gasteiger partial charge in [-0.3, -0.25) is 10.1 Å². The van der Waals surface area contributed by atoms with Gasteiger partial charge in [0.1, 0.15) is 0 Å². The minimum atomic E-state index is -4.14. The van der Waals surface area contributed by atoms with Crippen molar-refractivity contribution in [3.05, 3.63) is 28.3 Å². The molecule has 0 saturated carbocycles. The zero-order valence-corrected chi connectivity index (χ0v) is 12.8. The Labute approximate surface area is 128 Å². The first-order chi connectivity index (χ1) is 10.4. The molecule has 0 unspecified atom stereocenters. The topological polar surface area (TPSA) is 110 Å². The van der Waals surface area contributed by atoms with Crippen LogP contribution in [0.25, 0.3) is 0 Å². The van der Waals surface area contributed by atoms with E-state index >= 15 is 0 Å². The number of fused-ring (bicyclic) bond motifs is 4. The Hall–Kier alpha value is -1.71. The number of benzene rings is 1. The van der Waals surface area contributed by atoms with Gasteiger partial charge in [-0.2, -0.15) is 0 Å². The number of nitro benzene ring substituents is 1. The molecule has 3 aliphatic heterocycles. The number of nitrogens with two attached hydrogens (primary N) is 1. The molecule has 3 saturated heterocycles. The third-order valence-corrected chi connectivity index (χ3v) is 5.37. The molecule has 22 heavy (non-hydrogen) atoms. The molecule has 2 bridgehead atoms. The summed E-state index contributed by atoms with van der Waals surface area (Å²) in [5.74, 6) is 0. The van der Waals surface area contributed by atoms with E-state index in [0.29, 0.717) is 11.7 Å². The molecule has 0 spiro atoms. The van der Waals surface area contributed by atoms with E-state index in [9.17, 15) is 18.5 Å². The monoisotopic (exact) mass is 326 g/mol. The maximum Gasteiger partial charge on any atom is 0.289 e. The minimum absolute atomic E-state index is 0.341. The molecule has 3 aliphatic rings. The van der Waals surface area contributed by atoms with Gasteiger partial charge in [0.2, 0.25) is 10.0 Å². The van der Waals surface area contributed by atoms with Gasteiger partial charge in [0.05, 0.1) is 4.92 Å². The number of hydrogen-bond acceptors (Lipinski definition) is 6. The molecule has 4 rings (SSSR count). The van der Waals surface area contributed by atoms with Crippen LogP contribution in [0.2, 0.25) is 0 Å². The second-order valence-corrected chi connectivity index (χ2v) is 7.25. The molecule has 1 aromatic carbocycles. The fourth-order valence-corrected chi connectivity index (χ4v) is 4.01. The van der Waals surface area contributed by atoms with E-state index in [-0.39, 0.29) is 0 Å². The maximum atomic E-state index is 11.7. The zero-order chi connectivity index (χ0) is 15.9. The average molecular weight is 326 g/mol. The first kappa shape index (κ1) is 15.2. The van der Waals surface area contributed by atoms with Crippen LogP contribution in [-0.4, -0.2) is 50.5 Å². The van der Waals surface area contributed by atoms with Gasteiger partial charge in [0.15, 0.2) is 4.90 Å². The van der Waals surface area contributed by atoms with Crippen molar-refractivity contribution in [1.29, 1.82) is 0 Å². The number of nitro groups is 1. The quantitative estimate of drug-likeness (QED) is 0.641. The predicted molar refractivity (Wildman–Crippen MR) is 81.3 cm³/mol. The molecule has 8 nitrogen and oxygen atoms in total. The summed E-state index contributed by atoms with van der Waals surface area (Å²) in [7, 11) is -4.14. The Morgan fingerprint density at radius 2 is 1.86 bits per heavy atom. The number of sulfonamides is 1. The summed E-state index contributed by atoms with van der Waals surface area (Å²) < 4.78 is 23.3. The summed E-state index contributed by atoms with van der Waals surface area (Å²) in [6.07, 6.45) is 2.03. The lowest BCUT2D eigenvalue weighted by Gasteiger charge is -2.33. The fourth-order valence-electron chi connectivity index (χ4n) is 3.29. The summed E-state index contributed by atoms with van der Waals surface area (Å²) in [5, 5.41) is 16.1. The number of hydrogen-bond donors (Lipinski definition) is 1. The highest BCUT2D eigenvalue weighted by molar-refractivity contribution is 7.89. The van der Waals surface area contributed by atoms with Gasteiger partial charge in [-0.05, 0) is 25.0 Å². The van der Waals surface area contributed by atoms with E-state index in [1.54, 1.807) is 6.07 Å². The second-order valence-electron chi connectivity index (χ2n) is 5.72. The highest BCUT2D eigenvalue weighted by Gasteiger charge is 2.31. The molecule has 0 atom stereocenters. The molecule has 0 aliphatic carbocycles. The van der Waals surface area contributed by atoms with Gasteiger partial charge in [-0.1, -0.05) is 0 Å². The molecule has 9 heteroatoms. The molecule has 0 amide bonds. The van der Waals surface area contributed by atoms with Crippen molar-refractivity contribution >= 4 is 21.4 Å². The van der Waals surface area contributed by atoms with Crippen LogP contribution in [0, 0.1) is 10.1 Å². The highest BCUT2D eigenvalue weighted by atomic mass is 32.2. The van der Waals surface area contributed by atoms with Gasteiger partial charge in [0, 0.05) is 44.0 Å². The molecule has 1 aromatic rings. The molecular formula is C13H18N4O4S. The smallest absolute Gasteiger partial charge is 0.289 e. The third kappa shape index (κ3) is 2.79. The molecule has 0 radical (unpaired) electrons. The molecule has 120 valence electrons. The lowest BCUT2D eigenvalue weighted by atomic mass is 10.0. The third-order valence-electron chi connectivity index (χ3n) is 4.43. The minimum Gasteiger partial charge on any atom is -0.367 e. The van der Waals surface area contributed by atoms with Crippen molar-refractivity contribution in [3.8, 4) is 0 Å². The van der Waals surface area contributed by atoms with Crippen LogP contribution in [0.5, 0.6) is 0 Å². The SMILES string of the molecule is NS(=O)(=O)c1cc(N2CCN3CCC2CC3)ccc1[N+](=O)[O-]. The highest BCUT2D eigenvalue weighted by Crippen LogP contribution is 2.32. The Bertz CT molecular complexity index is 698. The van der Waals surface area contributed by atoms with E-state index in [4.69, 9.17) is 5.14 Å². The summed E-state index contributed by atoms with van der Waals surface area (Å²) in [4.78, 5) is 14.4. The van der Waals surface area contributed by atoms with Crippen LogP contribution in [0.1, 0.15) is 12.8 Å². The summed E-state index contributed by atoms with van der Waals surface area (Å²) in [6, 6.07) is 4.52. The lowest BCUT2D eigenvalue weighted by Crippen LogP contribution is -2.38. The van der Waals surface area contributed by atoms with Crippen LogP contribution < -0.4 is 10.0 Å². The van der Waals surface area contributed by atoms with Crippen molar-refractivity contribution in [2.75, 3.05) is 31.1 Å². The Morgan fingerprint density at radius 3 is 2.45 bits per heavy atom. The number of rotatable bonds is 3. The number of nitrogens with zero attached hydrogens (tertiary/aromatic N) is 3. The number of primary sulfonamides is 1. The van der Waals surface area contributed by atoms with Gasteiger partial charge in [-0.15, -0.1) is 0 Å². The van der Waals surface area contributed by atoms with Crippen molar-refractivity contribution < 1.29 is 13.3 Å². The predicted octanol–water partition coefficient (Wildman–Crippen LogP) is 0.527. The Morgan fingerprint density at radius 1 is 1.18 bits per heavy atom. The lowest BCUT2D eigenvalue weighted by molar-refractivity contribution is -0.387. The van der Waals surface area contributed by atoms with Crippen molar-refractivity contribution in [3.63, 3.8) is 0 Å². The van der Waals surface area contributed by atoms with E-state index in [1.165, 1.54) is 12.1 Å². The van der Waals surface area contributed by atoms with Crippen molar-refractivity contribution in [2.24, 2.45) is 5.14 Å². The normalized spacial score (nSPS) is 25.0. The van der Waals surface area contributed by atoms with Crippen LogP contribution in [0.15, 0.2) is 23.1 Å². The molecule has 0 aromatic heterocycles. The molecule has 3 heterocycles. The van der Waals surface area contributed by atoms with Crippen LogP contribution >= 0.6 is 0 Å². The van der Waals surface area contributed by atoms with E-state index in [2.05, 4.69) is 9.80 Å². The Kier molecular flexibility index (Phi) is 3.79. The summed E-state index contributed by atoms with van der Waals surface area (Å²) in [5.41, 5.74) is 0.206. The molecule has 2 N–H and O–H groups in total. The largest absolute Gasteiger partial charge is 0.367 e. The first-order valence-corrected chi connectivity index (χ1v) is 8.71. The zero-order valence-electron chi connectivity index (χ0n) is 12.0. The van der Waals surface area contributed by atoms with Crippen LogP contribution in [-0.2, 0) is 10.0 Å². The first-order valence-electron chi connectivity index (χ1n) is 7.16. The molecular weight excluding hydrogens is 308 g/mol. The van der Waals surface area contributed by atoms with E-state index in [1.807, 2.05) is 0 Å². The van der Waals surface area contributed by atoms with E-state index in [0.717, 1.165) is 39.0 Å². The number of piperidine rings is 1. The summed E-state index contributed by atoms with van der Waals surface area (Å²) in [6.45, 7) is 3.77. The maximum absolute atomic E-state index is 11.7. The fraction of sp³-hybridized carbons (Fsp3) is 0.538. The van der Waals surface area contributed by atoms with Gasteiger partial charge in [0.25, 0.3) is 5.69 Å². The van der Waals surface area contributed by atoms with Crippen LogP contribution in [0.3, 0.4) is 0 Å².